The molecule has 4 heteroatoms. The molecule has 1 atom stereocenters. The van der Waals surface area contributed by atoms with Crippen LogP contribution in [0.15, 0.2) is 0 Å². The molecule has 0 aromatic rings. The van der Waals surface area contributed by atoms with Crippen molar-refractivity contribution in [2.45, 2.75) is 142 Å². The number of unbranched alkanes of at least 4 members (excludes halogenated alkanes) is 18. The summed E-state index contributed by atoms with van der Waals surface area (Å²) in [4.78, 5) is 0. The molecule has 0 saturated heterocycles. The molecule has 0 bridgehead atoms. The molecule has 0 radical (unpaired) electrons. The van der Waals surface area contributed by atoms with Crippen LogP contribution in [0.25, 0.3) is 0 Å². The summed E-state index contributed by atoms with van der Waals surface area (Å²) in [5.74, 6) is 0. The van der Waals surface area contributed by atoms with E-state index in [2.05, 4.69) is 13.8 Å². The van der Waals surface area contributed by atoms with E-state index in [1.165, 1.54) is 116 Å². The number of hydrogen-bond donors (Lipinski definition) is 0. The maximum absolute atomic E-state index is 11.9. The molecule has 0 aromatic carbocycles. The average Bonchev–Trinajstić information content (AvgIpc) is 2.67. The Bertz CT molecular complexity index is 300. The van der Waals surface area contributed by atoms with Crippen molar-refractivity contribution in [3.8, 4) is 0 Å². The minimum atomic E-state index is -1.76. The van der Waals surface area contributed by atoms with Gasteiger partial charge in [-0.1, -0.05) is 129 Å². The first-order valence-electron chi connectivity index (χ1n) is 12.5. The molecule has 0 aliphatic carbocycles. The van der Waals surface area contributed by atoms with Gasteiger partial charge in [-0.3, -0.25) is 4.57 Å². The van der Waals surface area contributed by atoms with Crippen molar-refractivity contribution in [2.24, 2.45) is 0 Å². The van der Waals surface area contributed by atoms with Crippen LogP contribution in [0.4, 0.5) is 0 Å². The minimum absolute atomic E-state index is 0. The molecule has 2 nitrogen and oxygen atoms in total. The first-order chi connectivity index (χ1) is 13.3. The summed E-state index contributed by atoms with van der Waals surface area (Å²) in [7, 11) is -1.76. The summed E-state index contributed by atoms with van der Waals surface area (Å²) in [6.07, 6.45) is 27.5. The van der Waals surface area contributed by atoms with Gasteiger partial charge in [0.05, 0.1) is 6.61 Å². The van der Waals surface area contributed by atoms with E-state index in [0.717, 1.165) is 19.0 Å². The van der Waals surface area contributed by atoms with Crippen LogP contribution in [0.5, 0.6) is 0 Å². The third kappa shape index (κ3) is 26.7. The quantitative estimate of drug-likeness (QED) is 0.0861. The fourth-order valence-corrected chi connectivity index (χ4v) is 4.66. The third-order valence-electron chi connectivity index (χ3n) is 5.50. The zero-order valence-electron chi connectivity index (χ0n) is 19.2. The van der Waals surface area contributed by atoms with Gasteiger partial charge in [0.25, 0.3) is 0 Å². The Morgan fingerprint density at radius 1 is 0.500 bits per heavy atom. The topological polar surface area (TPSA) is 26.3 Å². The second kappa shape index (κ2) is 27.7. The molecule has 0 spiro atoms. The van der Waals surface area contributed by atoms with E-state index in [4.69, 9.17) is 4.52 Å². The van der Waals surface area contributed by atoms with Crippen LogP contribution in [-0.4, -0.2) is 12.8 Å². The number of hydrogen-bond acceptors (Lipinski definition) is 2. The van der Waals surface area contributed by atoms with E-state index in [1.807, 2.05) is 0 Å². The van der Waals surface area contributed by atoms with Gasteiger partial charge in [-0.25, -0.2) is 0 Å². The first-order valence-corrected chi connectivity index (χ1v) is 14.0. The molecule has 0 aromatic heterocycles. The predicted molar refractivity (Wildman–Crippen MR) is 124 cm³/mol. The summed E-state index contributed by atoms with van der Waals surface area (Å²) in [6, 6.07) is 0. The summed E-state index contributed by atoms with van der Waals surface area (Å²) in [5.41, 5.74) is 0. The van der Waals surface area contributed by atoms with Crippen molar-refractivity contribution >= 4 is 8.03 Å². The Morgan fingerprint density at radius 3 is 1.21 bits per heavy atom. The van der Waals surface area contributed by atoms with Crippen LogP contribution in [0.1, 0.15) is 142 Å². The van der Waals surface area contributed by atoms with Crippen LogP contribution in [0.3, 0.4) is 0 Å². The molecule has 174 valence electrons. The van der Waals surface area contributed by atoms with Crippen molar-refractivity contribution in [3.63, 3.8) is 0 Å². The molecule has 28 heavy (non-hydrogen) atoms. The van der Waals surface area contributed by atoms with E-state index < -0.39 is 8.03 Å². The SMILES string of the molecule is CCCCCCCCCCCCO[PH](=O)CCCCCCCCCCCC.[Ni]. The van der Waals surface area contributed by atoms with E-state index >= 15 is 0 Å². The molecule has 0 aliphatic rings. The van der Waals surface area contributed by atoms with Gasteiger partial charge in [0.1, 0.15) is 0 Å². The van der Waals surface area contributed by atoms with E-state index in [1.54, 1.807) is 0 Å². The summed E-state index contributed by atoms with van der Waals surface area (Å²) in [6.45, 7) is 5.26. The Morgan fingerprint density at radius 2 is 0.821 bits per heavy atom. The molecule has 0 amide bonds. The monoisotopic (exact) mass is 460 g/mol. The van der Waals surface area contributed by atoms with Crippen molar-refractivity contribution in [1.82, 2.24) is 0 Å². The molecular weight excluding hydrogens is 410 g/mol. The van der Waals surface area contributed by atoms with Gasteiger partial charge >= 0.3 is 0 Å². The smallest absolute Gasteiger partial charge is 0.191 e. The van der Waals surface area contributed by atoms with E-state index in [9.17, 15) is 4.57 Å². The molecule has 0 heterocycles. The normalized spacial score (nSPS) is 12.1. The summed E-state index contributed by atoms with van der Waals surface area (Å²) in [5, 5.41) is 0. The van der Waals surface area contributed by atoms with Crippen LogP contribution in [0, 0.1) is 0 Å². The molecule has 0 N–H and O–H groups in total. The van der Waals surface area contributed by atoms with Crippen LogP contribution in [0.2, 0.25) is 0 Å². The van der Waals surface area contributed by atoms with Crippen molar-refractivity contribution in [2.75, 3.05) is 12.8 Å². The standard InChI is InChI=1S/C24H51O2P.Ni/c1-3-5-7-9-11-13-15-17-19-21-23-26-27(25)24-22-20-18-16-14-12-10-8-6-4-2;/h27H,3-24H2,1-2H3;. The molecule has 0 saturated carbocycles. The maximum Gasteiger partial charge on any atom is 0.191 e. The molecule has 1 unspecified atom stereocenters. The van der Waals surface area contributed by atoms with Gasteiger partial charge in [0.2, 0.25) is 0 Å². The Balaban J connectivity index is 0. The van der Waals surface area contributed by atoms with Gasteiger partial charge in [-0.05, 0) is 12.8 Å². The minimum Gasteiger partial charge on any atom is -0.330 e. The molecule has 0 rings (SSSR count). The Kier molecular flexibility index (Phi) is 30.5. The largest absolute Gasteiger partial charge is 0.330 e. The average molecular weight is 461 g/mol. The third-order valence-corrected chi connectivity index (χ3v) is 6.78. The van der Waals surface area contributed by atoms with Crippen molar-refractivity contribution < 1.29 is 25.6 Å². The second-order valence-corrected chi connectivity index (χ2v) is 9.87. The summed E-state index contributed by atoms with van der Waals surface area (Å²) >= 11 is 0. The fraction of sp³-hybridized carbons (Fsp3) is 1.00. The second-order valence-electron chi connectivity index (χ2n) is 8.33. The zero-order valence-corrected chi connectivity index (χ0v) is 21.2. The van der Waals surface area contributed by atoms with Crippen molar-refractivity contribution in [3.05, 3.63) is 0 Å². The van der Waals surface area contributed by atoms with E-state index in [0.29, 0.717) is 6.61 Å². The first kappa shape index (κ1) is 30.9. The van der Waals surface area contributed by atoms with Gasteiger partial charge in [-0.15, -0.1) is 0 Å². The van der Waals surface area contributed by atoms with Gasteiger partial charge < -0.3 is 4.52 Å². The Labute approximate surface area is 188 Å². The Hall–Kier alpha value is 0.684. The van der Waals surface area contributed by atoms with Crippen LogP contribution < -0.4 is 0 Å². The zero-order chi connectivity index (χ0) is 19.8. The van der Waals surface area contributed by atoms with E-state index in [-0.39, 0.29) is 16.5 Å². The van der Waals surface area contributed by atoms with Crippen molar-refractivity contribution in [1.29, 1.82) is 0 Å². The van der Waals surface area contributed by atoms with Crippen LogP contribution in [-0.2, 0) is 25.6 Å². The van der Waals surface area contributed by atoms with Crippen LogP contribution >= 0.6 is 8.03 Å². The molecule has 0 aliphatic heterocycles. The maximum atomic E-state index is 11.9. The predicted octanol–water partition coefficient (Wildman–Crippen LogP) is 9.32. The molecular formula is C24H51NiO2P. The summed E-state index contributed by atoms with van der Waals surface area (Å²) < 4.78 is 17.4. The number of rotatable bonds is 23. The van der Waals surface area contributed by atoms with Gasteiger partial charge in [-0.2, -0.15) is 0 Å². The fourth-order valence-electron chi connectivity index (χ4n) is 3.60. The van der Waals surface area contributed by atoms with Gasteiger partial charge in [0.15, 0.2) is 8.03 Å². The molecule has 0 fully saturated rings. The van der Waals surface area contributed by atoms with Gasteiger partial charge in [0, 0.05) is 22.7 Å².